The predicted molar refractivity (Wildman–Crippen MR) is 89.9 cm³/mol. The lowest BCUT2D eigenvalue weighted by molar-refractivity contribution is -0.136. The molecule has 0 aliphatic rings. The van der Waals surface area contributed by atoms with Crippen LogP contribution in [0.3, 0.4) is 0 Å². The number of esters is 1. The number of ketones is 1. The fourth-order valence-electron chi connectivity index (χ4n) is 1.99. The van der Waals surface area contributed by atoms with Crippen molar-refractivity contribution in [3.8, 4) is 0 Å². The van der Waals surface area contributed by atoms with Crippen molar-refractivity contribution in [1.82, 2.24) is 9.13 Å². The summed E-state index contributed by atoms with van der Waals surface area (Å²) < 4.78 is 6.75. The third-order valence-electron chi connectivity index (χ3n) is 3.19. The summed E-state index contributed by atoms with van der Waals surface area (Å²) in [5, 5.41) is 0. The zero-order chi connectivity index (χ0) is 18.3. The largest absolute Gasteiger partial charge is 0.454 e. The molecule has 0 unspecified atom stereocenters. The number of nitrogens with two attached hydrogens (primary N) is 1. The van der Waals surface area contributed by atoms with E-state index >= 15 is 0 Å². The van der Waals surface area contributed by atoms with E-state index in [0.29, 0.717) is 6.42 Å². The second-order valence-electron chi connectivity index (χ2n) is 4.97. The number of hydrogen-bond donors (Lipinski definition) is 1. The van der Waals surface area contributed by atoms with Gasteiger partial charge in [0.2, 0.25) is 5.78 Å². The molecular formula is C16H21N3O5. The van der Waals surface area contributed by atoms with Crippen LogP contribution in [0.5, 0.6) is 0 Å². The minimum Gasteiger partial charge on any atom is -0.454 e. The van der Waals surface area contributed by atoms with Crippen molar-refractivity contribution in [3.63, 3.8) is 0 Å². The summed E-state index contributed by atoms with van der Waals surface area (Å²) >= 11 is 0. The Balaban J connectivity index is 3.09. The molecule has 0 aliphatic heterocycles. The number of rotatable bonds is 7. The van der Waals surface area contributed by atoms with Crippen LogP contribution < -0.4 is 17.0 Å². The molecule has 1 rings (SSSR count). The summed E-state index contributed by atoms with van der Waals surface area (Å²) in [6.45, 7) is 3.24. The molecule has 0 aliphatic carbocycles. The highest BCUT2D eigenvalue weighted by atomic mass is 16.5. The molecule has 0 saturated heterocycles. The Morgan fingerprint density at radius 3 is 2.50 bits per heavy atom. The molecule has 130 valence electrons. The molecular weight excluding hydrogens is 314 g/mol. The van der Waals surface area contributed by atoms with Crippen LogP contribution in [0.15, 0.2) is 33.9 Å². The number of nitrogen functional groups attached to an aromatic ring is 1. The summed E-state index contributed by atoms with van der Waals surface area (Å²) in [5.41, 5.74) is 4.05. The van der Waals surface area contributed by atoms with Crippen LogP contribution in [0.1, 0.15) is 30.6 Å². The van der Waals surface area contributed by atoms with Crippen LogP contribution in [0.2, 0.25) is 0 Å². The molecule has 0 bridgehead atoms. The van der Waals surface area contributed by atoms with Crippen LogP contribution >= 0.6 is 0 Å². The number of ether oxygens (including phenoxy) is 1. The quantitative estimate of drug-likeness (QED) is 0.334. The van der Waals surface area contributed by atoms with Crippen LogP contribution in [0, 0.1) is 0 Å². The number of hydrogen-bond acceptors (Lipinski definition) is 6. The first-order valence-electron chi connectivity index (χ1n) is 7.43. The number of carbonyl (C=O) groups is 2. The maximum absolute atomic E-state index is 12.2. The molecule has 1 heterocycles. The van der Waals surface area contributed by atoms with E-state index in [2.05, 4.69) is 0 Å². The number of Topliss-reactive ketones (excluding diaryl/α,β-unsaturated/α-hetero) is 1. The minimum absolute atomic E-state index is 0.213. The van der Waals surface area contributed by atoms with Crippen molar-refractivity contribution in [1.29, 1.82) is 0 Å². The van der Waals surface area contributed by atoms with Gasteiger partial charge in [-0.25, -0.2) is 9.59 Å². The fourth-order valence-corrected chi connectivity index (χ4v) is 1.99. The number of carbonyl (C=O) groups excluding carboxylic acids is 2. The zero-order valence-corrected chi connectivity index (χ0v) is 13.9. The Bertz CT molecular complexity index is 799. The van der Waals surface area contributed by atoms with Gasteiger partial charge in [-0.1, -0.05) is 25.2 Å². The Labute approximate surface area is 138 Å². The van der Waals surface area contributed by atoms with Gasteiger partial charge >= 0.3 is 11.7 Å². The smallest absolute Gasteiger partial charge is 0.332 e. The van der Waals surface area contributed by atoms with Crippen molar-refractivity contribution in [3.05, 3.63) is 50.7 Å². The van der Waals surface area contributed by atoms with Crippen LogP contribution in [-0.2, 0) is 23.1 Å². The molecule has 0 amide bonds. The normalized spacial score (nSPS) is 11.3. The molecule has 0 atom stereocenters. The van der Waals surface area contributed by atoms with Gasteiger partial charge in [0.1, 0.15) is 11.4 Å². The van der Waals surface area contributed by atoms with E-state index in [1.165, 1.54) is 13.1 Å². The van der Waals surface area contributed by atoms with E-state index in [4.69, 9.17) is 10.5 Å². The van der Waals surface area contributed by atoms with Gasteiger partial charge in [-0.15, -0.1) is 0 Å². The van der Waals surface area contributed by atoms with E-state index in [-0.39, 0.29) is 17.9 Å². The average molecular weight is 335 g/mol. The van der Waals surface area contributed by atoms with Crippen LogP contribution in [0.25, 0.3) is 0 Å². The highest BCUT2D eigenvalue weighted by Gasteiger charge is 2.21. The lowest BCUT2D eigenvalue weighted by atomic mass is 10.2. The first-order valence-corrected chi connectivity index (χ1v) is 7.43. The van der Waals surface area contributed by atoms with E-state index < -0.39 is 29.6 Å². The fraction of sp³-hybridized carbons (Fsp3) is 0.375. The van der Waals surface area contributed by atoms with E-state index in [1.54, 1.807) is 19.1 Å². The molecule has 0 aromatic carbocycles. The van der Waals surface area contributed by atoms with Gasteiger partial charge in [0.05, 0.1) is 0 Å². The Hall–Kier alpha value is -2.90. The zero-order valence-electron chi connectivity index (χ0n) is 13.9. The summed E-state index contributed by atoms with van der Waals surface area (Å²) in [5.74, 6) is -1.69. The molecule has 0 spiro atoms. The molecule has 8 heteroatoms. The summed E-state index contributed by atoms with van der Waals surface area (Å²) in [6, 6.07) is 0. The predicted octanol–water partition coefficient (Wildman–Crippen LogP) is 0.397. The van der Waals surface area contributed by atoms with Crippen molar-refractivity contribution in [2.45, 2.75) is 26.8 Å². The monoisotopic (exact) mass is 335 g/mol. The summed E-state index contributed by atoms with van der Waals surface area (Å²) in [6.07, 6.45) is 6.54. The standard InChI is InChI=1S/C16H21N3O5/c1-4-6-7-8-12(21)24-10-11(20)13-14(17)19(9-5-2)16(23)18(3)15(13)22/h4,6-8H,5,9-10,17H2,1-3H3/b6-4+,8-7+. The number of aromatic nitrogens is 2. The van der Waals surface area contributed by atoms with Gasteiger partial charge in [-0.2, -0.15) is 0 Å². The van der Waals surface area contributed by atoms with Gasteiger partial charge in [0, 0.05) is 19.7 Å². The average Bonchev–Trinajstić information content (AvgIpc) is 2.55. The van der Waals surface area contributed by atoms with Crippen molar-refractivity contribution in [2.75, 3.05) is 12.3 Å². The summed E-state index contributed by atoms with van der Waals surface area (Å²) in [4.78, 5) is 47.8. The van der Waals surface area contributed by atoms with Gasteiger partial charge in [-0.3, -0.25) is 18.7 Å². The molecule has 24 heavy (non-hydrogen) atoms. The second kappa shape index (κ2) is 8.66. The summed E-state index contributed by atoms with van der Waals surface area (Å²) in [7, 11) is 1.26. The Morgan fingerprint density at radius 1 is 1.25 bits per heavy atom. The topological polar surface area (TPSA) is 113 Å². The first kappa shape index (κ1) is 19.1. The Kier molecular flexibility index (Phi) is 6.91. The molecule has 0 saturated carbocycles. The SMILES string of the molecule is C/C=C/C=C/C(=O)OCC(=O)c1c(N)n(CCC)c(=O)n(C)c1=O. The van der Waals surface area contributed by atoms with Crippen molar-refractivity contribution in [2.24, 2.45) is 7.05 Å². The first-order chi connectivity index (χ1) is 11.3. The lowest BCUT2D eigenvalue weighted by Gasteiger charge is -2.13. The maximum atomic E-state index is 12.2. The van der Waals surface area contributed by atoms with Gasteiger partial charge < -0.3 is 10.5 Å². The molecule has 2 N–H and O–H groups in total. The van der Waals surface area contributed by atoms with Crippen molar-refractivity contribution < 1.29 is 14.3 Å². The third kappa shape index (κ3) is 4.31. The van der Waals surface area contributed by atoms with Crippen LogP contribution in [-0.4, -0.2) is 27.5 Å². The molecule has 0 fully saturated rings. The molecule has 1 aromatic rings. The van der Waals surface area contributed by atoms with Gasteiger partial charge in [-0.05, 0) is 13.3 Å². The minimum atomic E-state index is -0.810. The third-order valence-corrected chi connectivity index (χ3v) is 3.19. The van der Waals surface area contributed by atoms with Crippen LogP contribution in [0.4, 0.5) is 5.82 Å². The second-order valence-corrected chi connectivity index (χ2v) is 4.97. The van der Waals surface area contributed by atoms with Crippen molar-refractivity contribution >= 4 is 17.6 Å². The van der Waals surface area contributed by atoms with Gasteiger partial charge in [0.15, 0.2) is 6.61 Å². The lowest BCUT2D eigenvalue weighted by Crippen LogP contribution is -2.43. The number of anilines is 1. The highest BCUT2D eigenvalue weighted by molar-refractivity contribution is 6.01. The van der Waals surface area contributed by atoms with E-state index in [1.807, 2.05) is 6.92 Å². The highest BCUT2D eigenvalue weighted by Crippen LogP contribution is 2.07. The van der Waals surface area contributed by atoms with E-state index in [9.17, 15) is 19.2 Å². The maximum Gasteiger partial charge on any atom is 0.332 e. The molecule has 1 aromatic heterocycles. The van der Waals surface area contributed by atoms with E-state index in [0.717, 1.165) is 15.2 Å². The molecule has 8 nitrogen and oxygen atoms in total. The molecule has 0 radical (unpaired) electrons. The number of allylic oxidation sites excluding steroid dienone is 3. The number of nitrogens with zero attached hydrogens (tertiary/aromatic N) is 2. The van der Waals surface area contributed by atoms with Gasteiger partial charge in [0.25, 0.3) is 5.56 Å². The Morgan fingerprint density at radius 2 is 1.92 bits per heavy atom.